The molecule has 1 aliphatic heterocycles. The third-order valence-corrected chi connectivity index (χ3v) is 8.76. The Labute approximate surface area is 196 Å². The molecule has 2 aromatic carbocycles. The summed E-state index contributed by atoms with van der Waals surface area (Å²) in [5.74, 6) is -0.231. The Kier molecular flexibility index (Phi) is 6.65. The van der Waals surface area contributed by atoms with Crippen molar-refractivity contribution in [1.29, 1.82) is 0 Å². The highest BCUT2D eigenvalue weighted by atomic mass is 32.2. The summed E-state index contributed by atoms with van der Waals surface area (Å²) >= 11 is 0. The summed E-state index contributed by atoms with van der Waals surface area (Å²) in [7, 11) is -7.71. The number of aliphatic hydroxyl groups is 2. The number of carbonyl (C=O) groups excluding carboxylic acids is 1. The highest BCUT2D eigenvalue weighted by molar-refractivity contribution is 7.89. The number of aliphatic hydroxyl groups excluding tert-OH is 2. The number of urea groups is 1. The summed E-state index contributed by atoms with van der Waals surface area (Å²) in [6.45, 7) is -0.601. The van der Waals surface area contributed by atoms with Crippen LogP contribution in [0, 0.1) is 0 Å². The molecule has 2 unspecified atom stereocenters. The number of carbonyl (C=O) groups is 1. The van der Waals surface area contributed by atoms with Gasteiger partial charge in [0.2, 0.25) is 20.0 Å². The number of nitrogens with zero attached hydrogens (tertiary/aromatic N) is 1. The van der Waals surface area contributed by atoms with Gasteiger partial charge in [0.1, 0.15) is 0 Å². The summed E-state index contributed by atoms with van der Waals surface area (Å²) in [6.07, 6.45) is 0. The summed E-state index contributed by atoms with van der Waals surface area (Å²) < 4.78 is 55.0. The van der Waals surface area contributed by atoms with E-state index >= 15 is 0 Å². The molecule has 0 spiro atoms. The van der Waals surface area contributed by atoms with E-state index in [4.69, 9.17) is 15.9 Å². The Morgan fingerprint density at radius 1 is 0.912 bits per heavy atom. The van der Waals surface area contributed by atoms with Gasteiger partial charge in [0.25, 0.3) is 0 Å². The first-order valence-electron chi connectivity index (χ1n) is 10.4. The molecule has 2 aromatic rings. The van der Waals surface area contributed by atoms with Crippen LogP contribution in [0.3, 0.4) is 0 Å². The van der Waals surface area contributed by atoms with Gasteiger partial charge < -0.3 is 15.9 Å². The zero-order valence-electron chi connectivity index (χ0n) is 17.9. The minimum Gasteiger partial charge on any atom is -0.395 e. The monoisotopic (exact) mass is 511 g/mol. The van der Waals surface area contributed by atoms with Crippen molar-refractivity contribution in [1.82, 2.24) is 19.9 Å². The van der Waals surface area contributed by atoms with Crippen LogP contribution in [-0.2, 0) is 20.0 Å². The van der Waals surface area contributed by atoms with Crippen LogP contribution >= 0.6 is 0 Å². The van der Waals surface area contributed by atoms with Crippen molar-refractivity contribution in [2.24, 2.45) is 5.73 Å². The molecule has 34 heavy (non-hydrogen) atoms. The number of hydrazine groups is 1. The molecule has 14 heteroatoms. The second-order valence-electron chi connectivity index (χ2n) is 7.92. The second-order valence-corrected chi connectivity index (χ2v) is 11.5. The van der Waals surface area contributed by atoms with Gasteiger partial charge in [-0.05, 0) is 46.5 Å². The lowest BCUT2D eigenvalue weighted by atomic mass is 9.70. The SMILES string of the molecule is NC(=O)NN1CC2c3cc(S(=O)(=O)NCCO)ccc3-c3ccc(S(=O)(=O)NCCO)cc3C21. The molecule has 1 heterocycles. The van der Waals surface area contributed by atoms with Crippen molar-refractivity contribution in [2.75, 3.05) is 32.8 Å². The first-order chi connectivity index (χ1) is 16.1. The molecule has 0 aromatic heterocycles. The van der Waals surface area contributed by atoms with E-state index in [9.17, 15) is 21.6 Å². The molecule has 1 saturated heterocycles. The molecule has 1 fully saturated rings. The van der Waals surface area contributed by atoms with Crippen molar-refractivity contribution in [3.8, 4) is 11.1 Å². The molecule has 2 aliphatic rings. The highest BCUT2D eigenvalue weighted by Crippen LogP contribution is 2.54. The number of sulfonamides is 2. The van der Waals surface area contributed by atoms with Gasteiger partial charge in [-0.2, -0.15) is 0 Å². The maximum Gasteiger partial charge on any atom is 0.326 e. The number of fused-ring (bicyclic) bond motifs is 6. The minimum absolute atomic E-state index is 0.000210. The number of benzene rings is 2. The second kappa shape index (κ2) is 9.22. The van der Waals surface area contributed by atoms with E-state index in [-0.39, 0.29) is 42.0 Å². The van der Waals surface area contributed by atoms with E-state index < -0.39 is 32.1 Å². The molecule has 2 atom stereocenters. The zero-order chi connectivity index (χ0) is 24.7. The lowest BCUT2D eigenvalue weighted by Crippen LogP contribution is -2.58. The fourth-order valence-corrected chi connectivity index (χ4v) is 6.51. The largest absolute Gasteiger partial charge is 0.395 e. The van der Waals surface area contributed by atoms with Gasteiger partial charge in [0, 0.05) is 25.6 Å². The van der Waals surface area contributed by atoms with Crippen LogP contribution in [0.1, 0.15) is 23.1 Å². The third-order valence-electron chi connectivity index (χ3n) is 5.85. The summed E-state index contributed by atoms with van der Waals surface area (Å²) in [5.41, 5.74) is 10.6. The average molecular weight is 512 g/mol. The fraction of sp³-hybridized carbons (Fsp3) is 0.350. The lowest BCUT2D eigenvalue weighted by Gasteiger charge is -2.51. The zero-order valence-corrected chi connectivity index (χ0v) is 19.6. The van der Waals surface area contributed by atoms with Crippen LogP contribution in [0.5, 0.6) is 0 Å². The van der Waals surface area contributed by atoms with E-state index in [1.807, 2.05) is 0 Å². The number of nitrogens with two attached hydrogens (primary N) is 1. The van der Waals surface area contributed by atoms with E-state index in [2.05, 4.69) is 14.9 Å². The van der Waals surface area contributed by atoms with Gasteiger partial charge in [0.05, 0.1) is 29.0 Å². The van der Waals surface area contributed by atoms with E-state index in [1.54, 1.807) is 23.2 Å². The molecule has 0 radical (unpaired) electrons. The number of hydrogen-bond donors (Lipinski definition) is 6. The Morgan fingerprint density at radius 3 is 1.91 bits per heavy atom. The summed E-state index contributed by atoms with van der Waals surface area (Å²) in [6, 6.07) is 8.02. The molecule has 12 nitrogen and oxygen atoms in total. The molecule has 4 rings (SSSR count). The molecule has 0 bridgehead atoms. The number of amides is 2. The van der Waals surface area contributed by atoms with Gasteiger partial charge in [0.15, 0.2) is 0 Å². The molecule has 184 valence electrons. The average Bonchev–Trinajstić information content (AvgIpc) is 2.78. The number of nitrogens with one attached hydrogen (secondary N) is 3. The van der Waals surface area contributed by atoms with Crippen LogP contribution in [0.15, 0.2) is 46.2 Å². The molecule has 2 amide bonds. The van der Waals surface area contributed by atoms with Gasteiger partial charge in [-0.15, -0.1) is 0 Å². The predicted molar refractivity (Wildman–Crippen MR) is 121 cm³/mol. The van der Waals surface area contributed by atoms with Crippen molar-refractivity contribution in [3.05, 3.63) is 47.5 Å². The first kappa shape index (κ1) is 24.5. The van der Waals surface area contributed by atoms with Gasteiger partial charge in [-0.3, -0.25) is 5.43 Å². The lowest BCUT2D eigenvalue weighted by molar-refractivity contribution is 0.0187. The van der Waals surface area contributed by atoms with Gasteiger partial charge in [-0.1, -0.05) is 12.1 Å². The normalized spacial score (nSPS) is 19.5. The van der Waals surface area contributed by atoms with Crippen LogP contribution in [0.4, 0.5) is 4.79 Å². The fourth-order valence-electron chi connectivity index (χ4n) is 4.40. The predicted octanol–water partition coefficient (Wildman–Crippen LogP) is -1.07. The maximum atomic E-state index is 12.6. The molecule has 0 saturated carbocycles. The highest BCUT2D eigenvalue weighted by Gasteiger charge is 2.47. The Bertz CT molecular complexity index is 1330. The van der Waals surface area contributed by atoms with Crippen molar-refractivity contribution >= 4 is 26.1 Å². The van der Waals surface area contributed by atoms with Crippen LogP contribution in [-0.4, -0.2) is 70.9 Å². The summed E-state index contributed by atoms with van der Waals surface area (Å²) in [4.78, 5) is 11.5. The smallest absolute Gasteiger partial charge is 0.326 e. The molecule has 7 N–H and O–H groups in total. The third kappa shape index (κ3) is 4.40. The Balaban J connectivity index is 1.81. The molecular weight excluding hydrogens is 486 g/mol. The van der Waals surface area contributed by atoms with Crippen LogP contribution < -0.4 is 20.6 Å². The van der Waals surface area contributed by atoms with Crippen LogP contribution in [0.25, 0.3) is 11.1 Å². The number of primary amides is 1. The van der Waals surface area contributed by atoms with E-state index in [1.165, 1.54) is 18.2 Å². The Hall–Kier alpha value is -2.59. The minimum atomic E-state index is -3.87. The summed E-state index contributed by atoms with van der Waals surface area (Å²) in [5, 5.41) is 19.5. The number of rotatable bonds is 9. The standard InChI is InChI=1S/C20H25N5O7S2/c21-20(28)24-25-11-18-16-9-12(33(29,30)22-5-7-26)1-3-14(16)15-4-2-13(10-17(15)19(18)25)34(31,32)23-6-8-27/h1-4,9-10,18-19,22-23,26-27H,5-8,11H2,(H3,21,24,28). The molecular formula is C20H25N5O7S2. The first-order valence-corrected chi connectivity index (χ1v) is 13.4. The Morgan fingerprint density at radius 2 is 1.41 bits per heavy atom. The van der Waals surface area contributed by atoms with Crippen molar-refractivity contribution in [3.63, 3.8) is 0 Å². The van der Waals surface area contributed by atoms with E-state index in [0.717, 1.165) is 11.1 Å². The topological polar surface area (TPSA) is 191 Å². The van der Waals surface area contributed by atoms with Crippen molar-refractivity contribution < 1.29 is 31.8 Å². The quantitative estimate of drug-likeness (QED) is 0.245. The van der Waals surface area contributed by atoms with Gasteiger partial charge in [-0.25, -0.2) is 36.1 Å². The maximum absolute atomic E-state index is 12.6. The van der Waals surface area contributed by atoms with Crippen molar-refractivity contribution in [2.45, 2.75) is 21.8 Å². The van der Waals surface area contributed by atoms with Crippen LogP contribution in [0.2, 0.25) is 0 Å². The molecule has 1 aliphatic carbocycles. The van der Waals surface area contributed by atoms with E-state index in [0.29, 0.717) is 17.7 Å². The number of hydrogen-bond acceptors (Lipinski definition) is 8. The van der Waals surface area contributed by atoms with Gasteiger partial charge >= 0.3 is 6.03 Å².